The van der Waals surface area contributed by atoms with E-state index < -0.39 is 5.91 Å². The number of nitrogens with two attached hydrogens (primary N) is 1. The smallest absolute Gasteiger partial charge is 0.255 e. The highest BCUT2D eigenvalue weighted by Gasteiger charge is 2.33. The van der Waals surface area contributed by atoms with Gasteiger partial charge < -0.3 is 15.8 Å². The van der Waals surface area contributed by atoms with Gasteiger partial charge in [-0.3, -0.25) is 9.69 Å². The lowest BCUT2D eigenvalue weighted by Gasteiger charge is -2.24. The number of carbonyl (C=O) groups excluding carboxylic acids is 1. The third-order valence-corrected chi connectivity index (χ3v) is 4.39. The number of nitrogens with zero attached hydrogens (tertiary/aromatic N) is 1. The normalized spacial score (nSPS) is 25.5. The van der Waals surface area contributed by atoms with Crippen molar-refractivity contribution in [3.63, 3.8) is 0 Å². The van der Waals surface area contributed by atoms with Gasteiger partial charge in [-0.1, -0.05) is 12.1 Å². The number of fused-ring (bicyclic) bond motifs is 1. The quantitative estimate of drug-likeness (QED) is 0.839. The van der Waals surface area contributed by atoms with Crippen LogP contribution in [-0.4, -0.2) is 43.1 Å². The molecule has 2 aliphatic rings. The molecule has 0 saturated carbocycles. The van der Waals surface area contributed by atoms with E-state index in [9.17, 15) is 4.79 Å². The predicted molar refractivity (Wildman–Crippen MR) is 80.9 cm³/mol. The molecule has 0 aliphatic carbocycles. The van der Waals surface area contributed by atoms with Gasteiger partial charge in [0.05, 0.1) is 0 Å². The predicted octanol–water partition coefficient (Wildman–Crippen LogP) is 0.735. The zero-order chi connectivity index (χ0) is 14.7. The second-order valence-corrected chi connectivity index (χ2v) is 6.06. The Kier molecular flexibility index (Phi) is 4.41. The molecule has 114 valence electrons. The van der Waals surface area contributed by atoms with Crippen LogP contribution in [0.2, 0.25) is 0 Å². The minimum absolute atomic E-state index is 0.0689. The Hall–Kier alpha value is -1.59. The number of hydrogen-bond donors (Lipinski definition) is 2. The molecule has 21 heavy (non-hydrogen) atoms. The molecule has 5 nitrogen and oxygen atoms in total. The molecule has 2 unspecified atom stereocenters. The molecule has 3 rings (SSSR count). The fraction of sp³-hybridized carbons (Fsp3) is 0.562. The topological polar surface area (TPSA) is 67.6 Å². The number of benzene rings is 1. The Morgan fingerprint density at radius 3 is 2.86 bits per heavy atom. The van der Waals surface area contributed by atoms with Crippen LogP contribution in [-0.2, 0) is 11.3 Å². The molecule has 0 aromatic heterocycles. The average Bonchev–Trinajstić information content (AvgIpc) is 2.88. The molecule has 0 spiro atoms. The lowest BCUT2D eigenvalue weighted by atomic mass is 9.94. The van der Waals surface area contributed by atoms with Gasteiger partial charge in [-0.05, 0) is 43.0 Å². The Bertz CT molecular complexity index is 475. The van der Waals surface area contributed by atoms with Crippen LogP contribution in [0.25, 0.3) is 0 Å². The molecular weight excluding hydrogens is 266 g/mol. The van der Waals surface area contributed by atoms with Crippen LogP contribution >= 0.6 is 0 Å². The van der Waals surface area contributed by atoms with Gasteiger partial charge in [0, 0.05) is 25.7 Å². The largest absolute Gasteiger partial charge is 0.484 e. The van der Waals surface area contributed by atoms with Crippen LogP contribution in [0.5, 0.6) is 5.75 Å². The molecule has 2 atom stereocenters. The van der Waals surface area contributed by atoms with E-state index in [-0.39, 0.29) is 6.61 Å². The maximum atomic E-state index is 10.7. The van der Waals surface area contributed by atoms with Gasteiger partial charge in [0.25, 0.3) is 5.91 Å². The Balaban J connectivity index is 1.52. The van der Waals surface area contributed by atoms with E-state index in [0.29, 0.717) is 11.8 Å². The SMILES string of the molecule is NC(=O)COc1ccc(CN2CC3CCCNC3C2)cc1. The number of carbonyl (C=O) groups is 1. The summed E-state index contributed by atoms with van der Waals surface area (Å²) in [6.07, 6.45) is 2.66. The van der Waals surface area contributed by atoms with Gasteiger partial charge in [-0.15, -0.1) is 0 Å². The molecule has 0 bridgehead atoms. The molecular formula is C16H23N3O2. The van der Waals surface area contributed by atoms with E-state index in [0.717, 1.165) is 19.0 Å². The first-order valence-electron chi connectivity index (χ1n) is 7.66. The Morgan fingerprint density at radius 1 is 1.33 bits per heavy atom. The van der Waals surface area contributed by atoms with Crippen LogP contribution in [0.4, 0.5) is 0 Å². The summed E-state index contributed by atoms with van der Waals surface area (Å²) in [4.78, 5) is 13.2. The monoisotopic (exact) mass is 289 g/mol. The van der Waals surface area contributed by atoms with Gasteiger partial charge in [-0.2, -0.15) is 0 Å². The van der Waals surface area contributed by atoms with Gasteiger partial charge in [0.1, 0.15) is 5.75 Å². The first kappa shape index (κ1) is 14.4. The number of amides is 1. The highest BCUT2D eigenvalue weighted by molar-refractivity contribution is 5.75. The van der Waals surface area contributed by atoms with Crippen molar-refractivity contribution in [2.24, 2.45) is 11.7 Å². The minimum Gasteiger partial charge on any atom is -0.484 e. The number of piperidine rings is 1. The van der Waals surface area contributed by atoms with Crippen LogP contribution in [0, 0.1) is 5.92 Å². The number of hydrogen-bond acceptors (Lipinski definition) is 4. The van der Waals surface area contributed by atoms with Crippen molar-refractivity contribution in [2.45, 2.75) is 25.4 Å². The molecule has 1 aromatic rings. The summed E-state index contributed by atoms with van der Waals surface area (Å²) in [6.45, 7) is 4.41. The molecule has 5 heteroatoms. The summed E-state index contributed by atoms with van der Waals surface area (Å²) in [7, 11) is 0. The third kappa shape index (κ3) is 3.74. The van der Waals surface area contributed by atoms with Crippen molar-refractivity contribution in [2.75, 3.05) is 26.2 Å². The first-order valence-corrected chi connectivity index (χ1v) is 7.66. The van der Waals surface area contributed by atoms with Crippen LogP contribution in [0.15, 0.2) is 24.3 Å². The third-order valence-electron chi connectivity index (χ3n) is 4.39. The minimum atomic E-state index is -0.453. The molecule has 2 aliphatic heterocycles. The van der Waals surface area contributed by atoms with Crippen molar-refractivity contribution < 1.29 is 9.53 Å². The van der Waals surface area contributed by atoms with E-state index >= 15 is 0 Å². The van der Waals surface area contributed by atoms with Crippen LogP contribution in [0.3, 0.4) is 0 Å². The molecule has 2 heterocycles. The summed E-state index contributed by atoms with van der Waals surface area (Å²) < 4.78 is 5.27. The molecule has 1 amide bonds. The summed E-state index contributed by atoms with van der Waals surface area (Å²) in [5.74, 6) is 1.05. The second-order valence-electron chi connectivity index (χ2n) is 6.06. The zero-order valence-electron chi connectivity index (χ0n) is 12.3. The van der Waals surface area contributed by atoms with E-state index in [2.05, 4.69) is 22.3 Å². The number of nitrogens with one attached hydrogen (secondary N) is 1. The molecule has 2 fully saturated rings. The summed E-state index contributed by atoms with van der Waals surface area (Å²) in [5.41, 5.74) is 6.34. The van der Waals surface area contributed by atoms with Crippen LogP contribution < -0.4 is 15.8 Å². The summed E-state index contributed by atoms with van der Waals surface area (Å²) in [5, 5.41) is 3.63. The molecule has 0 radical (unpaired) electrons. The van der Waals surface area contributed by atoms with Gasteiger partial charge in [-0.25, -0.2) is 0 Å². The highest BCUT2D eigenvalue weighted by atomic mass is 16.5. The number of ether oxygens (including phenoxy) is 1. The number of likely N-dealkylation sites (tertiary alicyclic amines) is 1. The lowest BCUT2D eigenvalue weighted by Crippen LogP contribution is -2.40. The van der Waals surface area contributed by atoms with Crippen molar-refractivity contribution in [1.29, 1.82) is 0 Å². The number of rotatable bonds is 5. The van der Waals surface area contributed by atoms with Crippen molar-refractivity contribution >= 4 is 5.91 Å². The van der Waals surface area contributed by atoms with E-state index in [1.807, 2.05) is 12.1 Å². The van der Waals surface area contributed by atoms with Gasteiger partial charge in [0.15, 0.2) is 6.61 Å². The molecule has 1 aromatic carbocycles. The fourth-order valence-electron chi connectivity index (χ4n) is 3.37. The average molecular weight is 289 g/mol. The Labute approximate surface area is 125 Å². The number of primary amides is 1. The summed E-state index contributed by atoms with van der Waals surface area (Å²) in [6, 6.07) is 8.61. The van der Waals surface area contributed by atoms with E-state index in [4.69, 9.17) is 10.5 Å². The highest BCUT2D eigenvalue weighted by Crippen LogP contribution is 2.26. The van der Waals surface area contributed by atoms with E-state index in [1.54, 1.807) is 0 Å². The maximum absolute atomic E-state index is 10.7. The van der Waals surface area contributed by atoms with Crippen LogP contribution in [0.1, 0.15) is 18.4 Å². The van der Waals surface area contributed by atoms with E-state index in [1.165, 1.54) is 31.5 Å². The lowest BCUT2D eigenvalue weighted by molar-refractivity contribution is -0.119. The van der Waals surface area contributed by atoms with Crippen molar-refractivity contribution in [3.8, 4) is 5.75 Å². The fourth-order valence-corrected chi connectivity index (χ4v) is 3.37. The summed E-state index contributed by atoms with van der Waals surface area (Å²) >= 11 is 0. The van der Waals surface area contributed by atoms with Gasteiger partial charge >= 0.3 is 0 Å². The Morgan fingerprint density at radius 2 is 2.14 bits per heavy atom. The van der Waals surface area contributed by atoms with Gasteiger partial charge in [0.2, 0.25) is 0 Å². The first-order chi connectivity index (χ1) is 10.2. The van der Waals surface area contributed by atoms with Crippen molar-refractivity contribution in [1.82, 2.24) is 10.2 Å². The zero-order valence-corrected chi connectivity index (χ0v) is 12.3. The molecule has 2 saturated heterocycles. The maximum Gasteiger partial charge on any atom is 0.255 e. The molecule has 3 N–H and O–H groups in total. The van der Waals surface area contributed by atoms with Crippen molar-refractivity contribution in [3.05, 3.63) is 29.8 Å². The standard InChI is InChI=1S/C16H23N3O2/c17-16(20)11-21-14-5-3-12(4-6-14)8-19-9-13-2-1-7-18-15(13)10-19/h3-6,13,15,18H,1-2,7-11H2,(H2,17,20). The second kappa shape index (κ2) is 6.45.